The average molecular weight is 243 g/mol. The van der Waals surface area contributed by atoms with Crippen LogP contribution in [0.3, 0.4) is 0 Å². The van der Waals surface area contributed by atoms with Gasteiger partial charge in [0.25, 0.3) is 0 Å². The molecule has 1 N–H and O–H groups in total. The Morgan fingerprint density at radius 2 is 2.22 bits per heavy atom. The van der Waals surface area contributed by atoms with Crippen LogP contribution in [-0.2, 0) is 7.05 Å². The Morgan fingerprint density at radius 3 is 2.83 bits per heavy atom. The van der Waals surface area contributed by atoms with Crippen LogP contribution in [0.1, 0.15) is 31.4 Å². The number of nitrogens with one attached hydrogen (secondary N) is 1. The predicted octanol–water partition coefficient (Wildman–Crippen LogP) is 2.19. The first-order valence-electron chi connectivity index (χ1n) is 6.39. The van der Waals surface area contributed by atoms with Crippen LogP contribution in [0.15, 0.2) is 18.3 Å². The lowest BCUT2D eigenvalue weighted by Gasteiger charge is -2.07. The number of nitrogens with zero attached hydrogens (tertiary/aromatic N) is 4. The van der Waals surface area contributed by atoms with Gasteiger partial charge in [0.1, 0.15) is 11.5 Å². The van der Waals surface area contributed by atoms with Gasteiger partial charge in [-0.3, -0.25) is 4.68 Å². The molecule has 0 atom stereocenters. The molecule has 5 nitrogen and oxygen atoms in total. The molecule has 0 amide bonds. The first kappa shape index (κ1) is 11.2. The van der Waals surface area contributed by atoms with Crippen molar-refractivity contribution in [1.82, 2.24) is 19.7 Å². The predicted molar refractivity (Wildman–Crippen MR) is 70.4 cm³/mol. The molecule has 0 aromatic carbocycles. The van der Waals surface area contributed by atoms with E-state index in [4.69, 9.17) is 0 Å². The number of anilines is 1. The van der Waals surface area contributed by atoms with Gasteiger partial charge >= 0.3 is 0 Å². The van der Waals surface area contributed by atoms with Crippen molar-refractivity contribution in [2.45, 2.75) is 25.7 Å². The summed E-state index contributed by atoms with van der Waals surface area (Å²) in [4.78, 5) is 9.15. The summed E-state index contributed by atoms with van der Waals surface area (Å²) in [6, 6.07) is 4.01. The fraction of sp³-hybridized carbons (Fsp3) is 0.462. The highest BCUT2D eigenvalue weighted by Crippen LogP contribution is 2.40. The lowest BCUT2D eigenvalue weighted by atomic mass is 10.2. The smallest absolute Gasteiger partial charge is 0.182 e. The van der Waals surface area contributed by atoms with Crippen molar-refractivity contribution in [3.05, 3.63) is 24.0 Å². The van der Waals surface area contributed by atoms with Gasteiger partial charge in [-0.15, -0.1) is 0 Å². The van der Waals surface area contributed by atoms with Crippen LogP contribution in [0, 0.1) is 0 Å². The molecule has 0 bridgehead atoms. The minimum Gasteiger partial charge on any atom is -0.370 e. The fourth-order valence-corrected chi connectivity index (χ4v) is 1.97. The molecule has 5 heteroatoms. The lowest BCUT2D eigenvalue weighted by Crippen LogP contribution is -2.04. The molecule has 1 fully saturated rings. The highest BCUT2D eigenvalue weighted by molar-refractivity contribution is 5.53. The fourth-order valence-electron chi connectivity index (χ4n) is 1.97. The largest absolute Gasteiger partial charge is 0.370 e. The lowest BCUT2D eigenvalue weighted by molar-refractivity contribution is 0.768. The molecule has 3 rings (SSSR count). The molecular formula is C13H17N5. The van der Waals surface area contributed by atoms with Crippen LogP contribution in [0.5, 0.6) is 0 Å². The van der Waals surface area contributed by atoms with E-state index < -0.39 is 0 Å². The molecule has 0 aliphatic heterocycles. The maximum atomic E-state index is 4.63. The molecule has 0 saturated heterocycles. The molecule has 1 aliphatic carbocycles. The molecule has 0 unspecified atom stereocenters. The molecule has 18 heavy (non-hydrogen) atoms. The molecular weight excluding hydrogens is 226 g/mol. The Labute approximate surface area is 106 Å². The van der Waals surface area contributed by atoms with E-state index in [1.807, 2.05) is 19.3 Å². The van der Waals surface area contributed by atoms with Crippen LogP contribution in [0.2, 0.25) is 0 Å². The van der Waals surface area contributed by atoms with Crippen molar-refractivity contribution < 1.29 is 0 Å². The van der Waals surface area contributed by atoms with E-state index in [0.29, 0.717) is 5.92 Å². The van der Waals surface area contributed by atoms with Gasteiger partial charge < -0.3 is 5.32 Å². The molecule has 0 radical (unpaired) electrons. The van der Waals surface area contributed by atoms with Crippen molar-refractivity contribution in [2.75, 3.05) is 11.9 Å². The van der Waals surface area contributed by atoms with E-state index in [1.54, 1.807) is 4.68 Å². The van der Waals surface area contributed by atoms with Crippen LogP contribution >= 0.6 is 0 Å². The molecule has 0 spiro atoms. The monoisotopic (exact) mass is 243 g/mol. The van der Waals surface area contributed by atoms with Crippen molar-refractivity contribution in [2.24, 2.45) is 7.05 Å². The highest BCUT2D eigenvalue weighted by Gasteiger charge is 2.26. The third-order valence-electron chi connectivity index (χ3n) is 3.04. The van der Waals surface area contributed by atoms with Crippen LogP contribution in [-0.4, -0.2) is 26.3 Å². The number of hydrogen-bond donors (Lipinski definition) is 1. The zero-order valence-corrected chi connectivity index (χ0v) is 10.7. The maximum absolute atomic E-state index is 4.63. The summed E-state index contributed by atoms with van der Waals surface area (Å²) in [5.74, 6) is 2.24. The van der Waals surface area contributed by atoms with Gasteiger partial charge in [-0.2, -0.15) is 5.10 Å². The van der Waals surface area contributed by atoms with E-state index in [0.717, 1.165) is 29.6 Å². The summed E-state index contributed by atoms with van der Waals surface area (Å²) < 4.78 is 1.77. The van der Waals surface area contributed by atoms with E-state index in [9.17, 15) is 0 Å². The summed E-state index contributed by atoms with van der Waals surface area (Å²) >= 11 is 0. The molecule has 2 heterocycles. The molecule has 1 saturated carbocycles. The summed E-state index contributed by atoms with van der Waals surface area (Å²) in [6.45, 7) is 2.93. The Morgan fingerprint density at radius 1 is 1.39 bits per heavy atom. The second-order valence-corrected chi connectivity index (χ2v) is 4.68. The number of aromatic nitrogens is 4. The molecule has 2 aromatic rings. The van der Waals surface area contributed by atoms with Gasteiger partial charge in [-0.1, -0.05) is 0 Å². The zero-order chi connectivity index (χ0) is 12.5. The van der Waals surface area contributed by atoms with E-state index in [2.05, 4.69) is 33.4 Å². The third-order valence-corrected chi connectivity index (χ3v) is 3.04. The second-order valence-electron chi connectivity index (χ2n) is 4.68. The highest BCUT2D eigenvalue weighted by atomic mass is 15.3. The quantitative estimate of drug-likeness (QED) is 0.894. The Bertz CT molecular complexity index is 556. The average Bonchev–Trinajstić information content (AvgIpc) is 3.12. The summed E-state index contributed by atoms with van der Waals surface area (Å²) in [7, 11) is 1.90. The van der Waals surface area contributed by atoms with Gasteiger partial charge in [-0.05, 0) is 25.8 Å². The van der Waals surface area contributed by atoms with E-state index in [1.165, 1.54) is 12.8 Å². The van der Waals surface area contributed by atoms with Gasteiger partial charge in [0.15, 0.2) is 5.82 Å². The second kappa shape index (κ2) is 4.40. The first-order valence-corrected chi connectivity index (χ1v) is 6.39. The topological polar surface area (TPSA) is 55.6 Å². The van der Waals surface area contributed by atoms with E-state index in [-0.39, 0.29) is 0 Å². The normalized spacial score (nSPS) is 14.8. The summed E-state index contributed by atoms with van der Waals surface area (Å²) in [6.07, 6.45) is 4.39. The molecule has 1 aliphatic rings. The van der Waals surface area contributed by atoms with Crippen LogP contribution in [0.4, 0.5) is 5.82 Å². The zero-order valence-electron chi connectivity index (χ0n) is 10.7. The van der Waals surface area contributed by atoms with Crippen LogP contribution in [0.25, 0.3) is 11.5 Å². The Hall–Kier alpha value is -1.91. The summed E-state index contributed by atoms with van der Waals surface area (Å²) in [5.41, 5.74) is 1.97. The third kappa shape index (κ3) is 2.20. The minimum atomic E-state index is 0.618. The number of hydrogen-bond acceptors (Lipinski definition) is 4. The van der Waals surface area contributed by atoms with Crippen molar-refractivity contribution >= 4 is 5.82 Å². The number of rotatable bonds is 4. The van der Waals surface area contributed by atoms with Gasteiger partial charge in [0.2, 0.25) is 0 Å². The summed E-state index contributed by atoms with van der Waals surface area (Å²) in [5, 5.41) is 7.63. The van der Waals surface area contributed by atoms with Gasteiger partial charge in [-0.25, -0.2) is 9.97 Å². The standard InChI is InChI=1S/C13H17N5/c1-3-14-12-8-11(9-4-5-9)15-13(16-12)10-6-7-18(2)17-10/h6-9H,3-5H2,1-2H3,(H,14,15,16). The van der Waals surface area contributed by atoms with Crippen molar-refractivity contribution in [3.8, 4) is 11.5 Å². The Kier molecular flexibility index (Phi) is 2.74. The first-order chi connectivity index (χ1) is 8.76. The molecule has 94 valence electrons. The van der Waals surface area contributed by atoms with Gasteiger partial charge in [0, 0.05) is 37.5 Å². The van der Waals surface area contributed by atoms with Gasteiger partial charge in [0.05, 0.1) is 0 Å². The van der Waals surface area contributed by atoms with Crippen molar-refractivity contribution in [3.63, 3.8) is 0 Å². The van der Waals surface area contributed by atoms with Crippen LogP contribution < -0.4 is 5.32 Å². The maximum Gasteiger partial charge on any atom is 0.182 e. The Balaban J connectivity index is 2.01. The number of aryl methyl sites for hydroxylation is 1. The minimum absolute atomic E-state index is 0.618. The van der Waals surface area contributed by atoms with Crippen molar-refractivity contribution in [1.29, 1.82) is 0 Å². The molecule has 2 aromatic heterocycles. The SMILES string of the molecule is CCNc1cc(C2CC2)nc(-c2ccn(C)n2)n1. The van der Waals surface area contributed by atoms with E-state index >= 15 is 0 Å².